The number of benzene rings is 1. The number of nitrogens with one attached hydrogen (secondary N) is 1. The third kappa shape index (κ3) is 5.44. The van der Waals surface area contributed by atoms with Gasteiger partial charge in [0.1, 0.15) is 0 Å². The zero-order valence-corrected chi connectivity index (χ0v) is 21.1. The zero-order valence-electron chi connectivity index (χ0n) is 20.3. The molecule has 1 aromatic carbocycles. The van der Waals surface area contributed by atoms with Gasteiger partial charge in [0, 0.05) is 29.4 Å². The van der Waals surface area contributed by atoms with E-state index in [1.165, 1.54) is 30.0 Å². The van der Waals surface area contributed by atoms with Crippen LogP contribution in [0.2, 0.25) is 0 Å². The van der Waals surface area contributed by atoms with Gasteiger partial charge in [-0.2, -0.15) is 0 Å². The number of hydrogen-bond donors (Lipinski definition) is 2. The van der Waals surface area contributed by atoms with Crippen LogP contribution in [0.15, 0.2) is 46.8 Å². The number of thioether (sulfide) groups is 1. The van der Waals surface area contributed by atoms with Gasteiger partial charge in [0.15, 0.2) is 0 Å². The summed E-state index contributed by atoms with van der Waals surface area (Å²) in [5, 5.41) is 14.8. The number of hydrogen-bond acceptors (Lipinski definition) is 9. The summed E-state index contributed by atoms with van der Waals surface area (Å²) in [4.78, 5) is 37.6. The van der Waals surface area contributed by atoms with E-state index in [4.69, 9.17) is 15.2 Å². The number of nitrogens with zero attached hydrogens (tertiary/aromatic N) is 1. The standard InChI is InChI=1S/C24H33N3O6S/c1-6-24(7-2,34-14-25)21-20(23(29)33-9-4)19(16-11-10-12-17(13-16)27(30)31)18(15(5)26-21)22(28)32-8-3/h10-13,19,26H,6-9,14,25H2,1-5H3. The van der Waals surface area contributed by atoms with Gasteiger partial charge in [0.25, 0.3) is 5.69 Å². The predicted molar refractivity (Wildman–Crippen MR) is 132 cm³/mol. The average Bonchev–Trinajstić information content (AvgIpc) is 2.82. The fraction of sp³-hybridized carbons (Fsp3) is 0.500. The molecule has 34 heavy (non-hydrogen) atoms. The van der Waals surface area contributed by atoms with Gasteiger partial charge in [-0.15, -0.1) is 11.8 Å². The van der Waals surface area contributed by atoms with Gasteiger partial charge in [-0.25, -0.2) is 9.59 Å². The smallest absolute Gasteiger partial charge is 0.336 e. The van der Waals surface area contributed by atoms with Gasteiger partial charge in [0.2, 0.25) is 0 Å². The molecule has 0 amide bonds. The number of dihydropyridines is 1. The molecule has 186 valence electrons. The van der Waals surface area contributed by atoms with Gasteiger partial charge in [-0.05, 0) is 39.2 Å². The summed E-state index contributed by atoms with van der Waals surface area (Å²) in [6.45, 7) is 9.41. The molecule has 0 saturated carbocycles. The Labute approximate surface area is 204 Å². The van der Waals surface area contributed by atoms with E-state index in [0.717, 1.165) is 0 Å². The molecule has 1 aliphatic rings. The number of carbonyl (C=O) groups is 2. The van der Waals surface area contributed by atoms with Gasteiger partial charge in [-0.1, -0.05) is 26.0 Å². The maximum Gasteiger partial charge on any atom is 0.336 e. The molecule has 1 unspecified atom stereocenters. The Morgan fingerprint density at radius 3 is 2.21 bits per heavy atom. The lowest BCUT2D eigenvalue weighted by atomic mass is 9.77. The number of carbonyl (C=O) groups excluding carboxylic acids is 2. The van der Waals surface area contributed by atoms with Crippen molar-refractivity contribution < 1.29 is 24.0 Å². The number of rotatable bonds is 11. The highest BCUT2D eigenvalue weighted by Gasteiger charge is 2.45. The lowest BCUT2D eigenvalue weighted by Crippen LogP contribution is -2.42. The topological polar surface area (TPSA) is 134 Å². The van der Waals surface area contributed by atoms with Crippen LogP contribution in [0.1, 0.15) is 58.9 Å². The minimum atomic E-state index is -0.912. The average molecular weight is 492 g/mol. The highest BCUT2D eigenvalue weighted by molar-refractivity contribution is 8.00. The molecule has 0 fully saturated rings. The van der Waals surface area contributed by atoms with Crippen molar-refractivity contribution in [3.8, 4) is 0 Å². The first kappa shape index (κ1) is 27.4. The molecule has 0 saturated heterocycles. The number of nitro benzene ring substituents is 1. The normalized spacial score (nSPS) is 16.2. The Hall–Kier alpha value is -2.85. The summed E-state index contributed by atoms with van der Waals surface area (Å²) >= 11 is 1.50. The molecule has 1 heterocycles. The van der Waals surface area contributed by atoms with Crippen LogP contribution in [0, 0.1) is 10.1 Å². The van der Waals surface area contributed by atoms with E-state index < -0.39 is 27.5 Å². The van der Waals surface area contributed by atoms with E-state index in [1.54, 1.807) is 26.8 Å². The van der Waals surface area contributed by atoms with Gasteiger partial charge < -0.3 is 20.5 Å². The van der Waals surface area contributed by atoms with Gasteiger partial charge >= 0.3 is 11.9 Å². The zero-order chi connectivity index (χ0) is 25.5. The Morgan fingerprint density at radius 1 is 1.12 bits per heavy atom. The second-order valence-electron chi connectivity index (χ2n) is 7.69. The third-order valence-corrected chi connectivity index (χ3v) is 7.43. The monoisotopic (exact) mass is 491 g/mol. The predicted octanol–water partition coefficient (Wildman–Crippen LogP) is 4.14. The van der Waals surface area contributed by atoms with Crippen molar-refractivity contribution in [1.82, 2.24) is 5.32 Å². The molecule has 0 aliphatic carbocycles. The quantitative estimate of drug-likeness (QED) is 0.203. The van der Waals surface area contributed by atoms with E-state index in [2.05, 4.69) is 5.32 Å². The number of non-ortho nitro benzene ring substituents is 1. The van der Waals surface area contributed by atoms with Crippen LogP contribution in [0.4, 0.5) is 5.69 Å². The molecule has 0 radical (unpaired) electrons. The van der Waals surface area contributed by atoms with Crippen LogP contribution in [-0.2, 0) is 19.1 Å². The largest absolute Gasteiger partial charge is 0.463 e. The fourth-order valence-corrected chi connectivity index (χ4v) is 5.32. The molecule has 9 nitrogen and oxygen atoms in total. The SMILES string of the molecule is CCOC(=O)C1=C(C)NC(C(CC)(CC)SCN)=C(C(=O)OCC)C1c1cccc([N+](=O)[O-])c1. The first-order valence-corrected chi connectivity index (χ1v) is 12.3. The van der Waals surface area contributed by atoms with Crippen molar-refractivity contribution >= 4 is 29.4 Å². The van der Waals surface area contributed by atoms with Crippen LogP contribution < -0.4 is 11.1 Å². The maximum absolute atomic E-state index is 13.5. The summed E-state index contributed by atoms with van der Waals surface area (Å²) in [5.41, 5.74) is 7.79. The Morgan fingerprint density at radius 2 is 1.71 bits per heavy atom. The van der Waals surface area contributed by atoms with Crippen LogP contribution in [0.5, 0.6) is 0 Å². The van der Waals surface area contributed by atoms with Crippen LogP contribution in [0.25, 0.3) is 0 Å². The van der Waals surface area contributed by atoms with Crippen molar-refractivity contribution in [3.05, 3.63) is 62.5 Å². The summed E-state index contributed by atoms with van der Waals surface area (Å²) in [5.74, 6) is -1.79. The summed E-state index contributed by atoms with van der Waals surface area (Å²) in [7, 11) is 0. The highest BCUT2D eigenvalue weighted by atomic mass is 32.2. The highest BCUT2D eigenvalue weighted by Crippen LogP contribution is 2.47. The number of nitro groups is 1. The maximum atomic E-state index is 13.5. The van der Waals surface area contributed by atoms with E-state index in [1.807, 2.05) is 13.8 Å². The van der Waals surface area contributed by atoms with E-state index in [9.17, 15) is 19.7 Å². The summed E-state index contributed by atoms with van der Waals surface area (Å²) < 4.78 is 10.2. The number of esters is 2. The van der Waals surface area contributed by atoms with Crippen LogP contribution in [0.3, 0.4) is 0 Å². The number of nitrogens with two attached hydrogens (primary N) is 1. The molecule has 2 rings (SSSR count). The molecular formula is C24H33N3O6S. The van der Waals surface area contributed by atoms with Crippen molar-refractivity contribution in [2.24, 2.45) is 5.73 Å². The molecule has 10 heteroatoms. The number of ether oxygens (including phenoxy) is 2. The summed E-state index contributed by atoms with van der Waals surface area (Å²) in [6, 6.07) is 5.96. The minimum Gasteiger partial charge on any atom is -0.463 e. The molecule has 0 spiro atoms. The van der Waals surface area contributed by atoms with Crippen molar-refractivity contribution in [2.45, 2.75) is 58.1 Å². The lowest BCUT2D eigenvalue weighted by Gasteiger charge is -2.40. The van der Waals surface area contributed by atoms with Gasteiger partial charge in [0.05, 0.1) is 39.9 Å². The Balaban J connectivity index is 2.95. The van der Waals surface area contributed by atoms with E-state index in [0.29, 0.717) is 35.7 Å². The number of allylic oxidation sites excluding steroid dienone is 1. The Kier molecular flexibility index (Phi) is 9.69. The Bertz CT molecular complexity index is 1000. The van der Waals surface area contributed by atoms with Crippen molar-refractivity contribution in [1.29, 1.82) is 0 Å². The molecule has 3 N–H and O–H groups in total. The summed E-state index contributed by atoms with van der Waals surface area (Å²) in [6.07, 6.45) is 1.31. The first-order chi connectivity index (χ1) is 16.2. The lowest BCUT2D eigenvalue weighted by molar-refractivity contribution is -0.384. The molecular weight excluding hydrogens is 458 g/mol. The molecule has 1 aliphatic heterocycles. The van der Waals surface area contributed by atoms with E-state index >= 15 is 0 Å². The van der Waals surface area contributed by atoms with Crippen molar-refractivity contribution in [2.75, 3.05) is 19.1 Å². The van der Waals surface area contributed by atoms with Crippen molar-refractivity contribution in [3.63, 3.8) is 0 Å². The molecule has 1 aromatic rings. The van der Waals surface area contributed by atoms with Crippen LogP contribution >= 0.6 is 11.8 Å². The first-order valence-electron chi connectivity index (χ1n) is 11.4. The minimum absolute atomic E-state index is 0.129. The molecule has 0 bridgehead atoms. The second kappa shape index (κ2) is 12.0. The fourth-order valence-electron chi connectivity index (χ4n) is 4.29. The molecule has 1 atom stereocenters. The molecule has 0 aromatic heterocycles. The van der Waals surface area contributed by atoms with Gasteiger partial charge in [-0.3, -0.25) is 10.1 Å². The van der Waals surface area contributed by atoms with Crippen LogP contribution in [-0.4, -0.2) is 40.7 Å². The third-order valence-electron chi connectivity index (χ3n) is 5.93. The second-order valence-corrected chi connectivity index (χ2v) is 9.09. The van der Waals surface area contributed by atoms with E-state index in [-0.39, 0.29) is 30.0 Å².